The zero-order valence-electron chi connectivity index (χ0n) is 11.3. The summed E-state index contributed by atoms with van der Waals surface area (Å²) >= 11 is 0. The van der Waals surface area contributed by atoms with Crippen molar-refractivity contribution in [2.24, 2.45) is 11.8 Å². The lowest BCUT2D eigenvalue weighted by molar-refractivity contribution is -0.143. The molecule has 2 rings (SSSR count). The van der Waals surface area contributed by atoms with Crippen LogP contribution in [0.25, 0.3) is 0 Å². The van der Waals surface area contributed by atoms with Crippen LogP contribution in [-0.2, 0) is 11.2 Å². The quantitative estimate of drug-likeness (QED) is 0.845. The third-order valence-electron chi connectivity index (χ3n) is 4.06. The summed E-state index contributed by atoms with van der Waals surface area (Å²) < 4.78 is 0. The molecule has 1 aromatic carbocycles. The second-order valence-corrected chi connectivity index (χ2v) is 5.27. The molecule has 2 atom stereocenters. The molecule has 0 amide bonds. The van der Waals surface area contributed by atoms with Crippen LogP contribution >= 0.6 is 0 Å². The molecule has 1 N–H and O–H groups in total. The van der Waals surface area contributed by atoms with Gasteiger partial charge in [-0.15, -0.1) is 0 Å². The minimum absolute atomic E-state index is 0.123. The summed E-state index contributed by atoms with van der Waals surface area (Å²) in [7, 11) is 0. The van der Waals surface area contributed by atoms with Gasteiger partial charge in [-0.3, -0.25) is 9.59 Å². The highest BCUT2D eigenvalue weighted by atomic mass is 16.4. The lowest BCUT2D eigenvalue weighted by atomic mass is 9.77. The fourth-order valence-corrected chi connectivity index (χ4v) is 2.94. The van der Waals surface area contributed by atoms with Gasteiger partial charge in [-0.2, -0.15) is 0 Å². The molecular weight excluding hydrogens is 240 g/mol. The minimum Gasteiger partial charge on any atom is -0.481 e. The van der Waals surface area contributed by atoms with E-state index in [1.54, 1.807) is 0 Å². The van der Waals surface area contributed by atoms with Gasteiger partial charge >= 0.3 is 5.97 Å². The average Bonchev–Trinajstić information content (AvgIpc) is 2.46. The molecule has 0 saturated heterocycles. The van der Waals surface area contributed by atoms with Crippen molar-refractivity contribution >= 4 is 11.8 Å². The lowest BCUT2D eigenvalue weighted by Gasteiger charge is -2.26. The number of hydrogen-bond donors (Lipinski definition) is 1. The Balaban J connectivity index is 2.17. The molecule has 0 heterocycles. The highest BCUT2D eigenvalue weighted by Gasteiger charge is 2.31. The van der Waals surface area contributed by atoms with Crippen LogP contribution in [0.2, 0.25) is 0 Å². The summed E-state index contributed by atoms with van der Waals surface area (Å²) in [6.07, 6.45) is 3.68. The number of benzene rings is 1. The minimum atomic E-state index is -0.763. The first kappa shape index (κ1) is 13.8. The Bertz CT molecular complexity index is 479. The summed E-state index contributed by atoms with van der Waals surface area (Å²) in [4.78, 5) is 23.6. The molecule has 19 heavy (non-hydrogen) atoms. The number of Topliss-reactive ketones (excluding diaryl/α,β-unsaturated/α-hetero) is 1. The Morgan fingerprint density at radius 3 is 2.58 bits per heavy atom. The zero-order valence-corrected chi connectivity index (χ0v) is 11.3. The number of aryl methyl sites for hydroxylation is 1. The number of ketones is 1. The molecule has 1 fully saturated rings. The van der Waals surface area contributed by atoms with E-state index in [4.69, 9.17) is 5.11 Å². The Kier molecular flexibility index (Phi) is 4.35. The standard InChI is InChI=1S/C16H20O3/c1-2-11-6-3-4-9-14(11)15(17)12-7-5-8-13(10-12)16(18)19/h3-4,6,9,12-13H,2,5,7-8,10H2,1H3,(H,18,19). The summed E-state index contributed by atoms with van der Waals surface area (Å²) in [5.41, 5.74) is 1.84. The first-order valence-electron chi connectivity index (χ1n) is 6.98. The van der Waals surface area contributed by atoms with E-state index in [0.717, 1.165) is 30.4 Å². The van der Waals surface area contributed by atoms with E-state index in [-0.39, 0.29) is 17.6 Å². The van der Waals surface area contributed by atoms with Crippen molar-refractivity contribution in [2.75, 3.05) is 0 Å². The molecule has 3 nitrogen and oxygen atoms in total. The van der Waals surface area contributed by atoms with Crippen molar-refractivity contribution in [3.05, 3.63) is 35.4 Å². The number of rotatable bonds is 4. The van der Waals surface area contributed by atoms with Gasteiger partial charge in [0.15, 0.2) is 5.78 Å². The van der Waals surface area contributed by atoms with Crippen LogP contribution in [0.15, 0.2) is 24.3 Å². The van der Waals surface area contributed by atoms with E-state index in [9.17, 15) is 9.59 Å². The smallest absolute Gasteiger partial charge is 0.306 e. The highest BCUT2D eigenvalue weighted by molar-refractivity contribution is 5.99. The van der Waals surface area contributed by atoms with E-state index in [0.29, 0.717) is 12.8 Å². The average molecular weight is 260 g/mol. The Hall–Kier alpha value is -1.64. The predicted molar refractivity (Wildman–Crippen MR) is 73.2 cm³/mol. The van der Waals surface area contributed by atoms with Crippen molar-refractivity contribution in [1.29, 1.82) is 0 Å². The molecular formula is C16H20O3. The first-order valence-corrected chi connectivity index (χ1v) is 6.98. The normalized spacial score (nSPS) is 23.0. The Labute approximate surface area is 113 Å². The van der Waals surface area contributed by atoms with E-state index < -0.39 is 5.97 Å². The summed E-state index contributed by atoms with van der Waals surface area (Å²) in [6.45, 7) is 2.03. The number of hydrogen-bond acceptors (Lipinski definition) is 2. The first-order chi connectivity index (χ1) is 9.13. The topological polar surface area (TPSA) is 54.4 Å². The fourth-order valence-electron chi connectivity index (χ4n) is 2.94. The van der Waals surface area contributed by atoms with Crippen LogP contribution in [-0.4, -0.2) is 16.9 Å². The summed E-state index contributed by atoms with van der Waals surface area (Å²) in [5.74, 6) is -1.11. The zero-order chi connectivity index (χ0) is 13.8. The van der Waals surface area contributed by atoms with Crippen molar-refractivity contribution in [3.63, 3.8) is 0 Å². The number of carboxylic acid groups (broad SMARTS) is 1. The third-order valence-corrected chi connectivity index (χ3v) is 4.06. The highest BCUT2D eigenvalue weighted by Crippen LogP contribution is 2.32. The van der Waals surface area contributed by atoms with Crippen LogP contribution in [0.4, 0.5) is 0 Å². The Morgan fingerprint density at radius 1 is 1.21 bits per heavy atom. The number of carbonyl (C=O) groups excluding carboxylic acids is 1. The van der Waals surface area contributed by atoms with Crippen LogP contribution < -0.4 is 0 Å². The van der Waals surface area contributed by atoms with Crippen molar-refractivity contribution in [1.82, 2.24) is 0 Å². The van der Waals surface area contributed by atoms with E-state index in [2.05, 4.69) is 0 Å². The van der Waals surface area contributed by atoms with Gasteiger partial charge in [0.1, 0.15) is 0 Å². The molecule has 3 heteroatoms. The lowest BCUT2D eigenvalue weighted by Crippen LogP contribution is -2.27. The van der Waals surface area contributed by atoms with Gasteiger partial charge in [-0.1, -0.05) is 37.6 Å². The van der Waals surface area contributed by atoms with E-state index >= 15 is 0 Å². The molecule has 1 aliphatic rings. The fraction of sp³-hybridized carbons (Fsp3) is 0.500. The molecule has 1 aromatic rings. The maximum Gasteiger partial charge on any atom is 0.306 e. The molecule has 0 aliphatic heterocycles. The van der Waals surface area contributed by atoms with Gasteiger partial charge in [0.05, 0.1) is 5.92 Å². The SMILES string of the molecule is CCc1ccccc1C(=O)C1CCCC(C(=O)O)C1. The van der Waals surface area contributed by atoms with E-state index in [1.807, 2.05) is 31.2 Å². The van der Waals surface area contributed by atoms with Crippen molar-refractivity contribution in [3.8, 4) is 0 Å². The van der Waals surface area contributed by atoms with Crippen molar-refractivity contribution < 1.29 is 14.7 Å². The van der Waals surface area contributed by atoms with Crippen LogP contribution in [0, 0.1) is 11.8 Å². The van der Waals surface area contributed by atoms with Crippen LogP contribution in [0.3, 0.4) is 0 Å². The maximum atomic E-state index is 12.6. The summed E-state index contributed by atoms with van der Waals surface area (Å²) in [5, 5.41) is 9.10. The molecule has 1 saturated carbocycles. The molecule has 1 aliphatic carbocycles. The van der Waals surface area contributed by atoms with Gasteiger partial charge in [-0.05, 0) is 31.2 Å². The maximum absolute atomic E-state index is 12.6. The van der Waals surface area contributed by atoms with Gasteiger partial charge in [-0.25, -0.2) is 0 Å². The van der Waals surface area contributed by atoms with Gasteiger partial charge < -0.3 is 5.11 Å². The third kappa shape index (κ3) is 3.03. The summed E-state index contributed by atoms with van der Waals surface area (Å²) in [6, 6.07) is 7.66. The van der Waals surface area contributed by atoms with E-state index in [1.165, 1.54) is 0 Å². The van der Waals surface area contributed by atoms with Gasteiger partial charge in [0, 0.05) is 11.5 Å². The monoisotopic (exact) mass is 260 g/mol. The van der Waals surface area contributed by atoms with Crippen LogP contribution in [0.1, 0.15) is 48.5 Å². The predicted octanol–water partition coefficient (Wildman–Crippen LogP) is 3.32. The largest absolute Gasteiger partial charge is 0.481 e. The molecule has 102 valence electrons. The van der Waals surface area contributed by atoms with Crippen molar-refractivity contribution in [2.45, 2.75) is 39.0 Å². The number of carboxylic acids is 1. The number of carbonyl (C=O) groups is 2. The molecule has 0 bridgehead atoms. The second-order valence-electron chi connectivity index (χ2n) is 5.27. The molecule has 0 radical (unpaired) electrons. The molecule has 2 unspecified atom stereocenters. The Morgan fingerprint density at radius 2 is 1.89 bits per heavy atom. The van der Waals surface area contributed by atoms with Gasteiger partial charge in [0.25, 0.3) is 0 Å². The van der Waals surface area contributed by atoms with Crippen LogP contribution in [0.5, 0.6) is 0 Å². The second kappa shape index (κ2) is 6.00. The van der Waals surface area contributed by atoms with Gasteiger partial charge in [0.2, 0.25) is 0 Å². The molecule has 0 spiro atoms. The number of aliphatic carboxylic acids is 1. The molecule has 0 aromatic heterocycles.